The van der Waals surface area contributed by atoms with Crippen LogP contribution in [0.1, 0.15) is 40.9 Å². The summed E-state index contributed by atoms with van der Waals surface area (Å²) in [5.74, 6) is 1.08. The van der Waals surface area contributed by atoms with Crippen LogP contribution in [-0.2, 0) is 19.4 Å². The van der Waals surface area contributed by atoms with Crippen LogP contribution in [0.5, 0.6) is 0 Å². The van der Waals surface area contributed by atoms with E-state index in [1.807, 2.05) is 16.8 Å². The number of fused-ring (bicyclic) bond motifs is 2. The lowest BCUT2D eigenvalue weighted by atomic mass is 9.96. The van der Waals surface area contributed by atoms with E-state index in [0.717, 1.165) is 47.7 Å². The first-order valence-electron chi connectivity index (χ1n) is 10.3. The SMILES string of the molecule is Cc1ccc(-c2c(C)nn3c(NCc4cccnc4)c4c(nc23)CCCC4)cc1. The van der Waals surface area contributed by atoms with Crippen molar-refractivity contribution >= 4 is 11.5 Å². The molecule has 4 aromatic rings. The number of anilines is 1. The fourth-order valence-electron chi connectivity index (χ4n) is 4.23. The maximum Gasteiger partial charge on any atom is 0.165 e. The van der Waals surface area contributed by atoms with E-state index in [2.05, 4.69) is 54.5 Å². The molecule has 1 N–H and O–H groups in total. The lowest BCUT2D eigenvalue weighted by Crippen LogP contribution is -2.15. The predicted molar refractivity (Wildman–Crippen MR) is 116 cm³/mol. The van der Waals surface area contributed by atoms with Crippen molar-refractivity contribution in [1.82, 2.24) is 19.6 Å². The molecule has 5 rings (SSSR count). The number of rotatable bonds is 4. The normalized spacial score (nSPS) is 13.4. The monoisotopic (exact) mass is 383 g/mol. The molecule has 3 aromatic heterocycles. The minimum Gasteiger partial charge on any atom is -0.366 e. The molecule has 1 aliphatic rings. The van der Waals surface area contributed by atoms with Gasteiger partial charge in [0.2, 0.25) is 0 Å². The number of nitrogens with zero attached hydrogens (tertiary/aromatic N) is 4. The van der Waals surface area contributed by atoms with Gasteiger partial charge < -0.3 is 5.32 Å². The van der Waals surface area contributed by atoms with Crippen molar-refractivity contribution in [2.75, 3.05) is 5.32 Å². The van der Waals surface area contributed by atoms with Gasteiger partial charge in [0, 0.05) is 35.8 Å². The second-order valence-electron chi connectivity index (χ2n) is 7.87. The zero-order valence-electron chi connectivity index (χ0n) is 16.9. The Morgan fingerprint density at radius 1 is 1.03 bits per heavy atom. The van der Waals surface area contributed by atoms with Crippen molar-refractivity contribution in [2.45, 2.75) is 46.1 Å². The number of hydrogen-bond acceptors (Lipinski definition) is 4. The van der Waals surface area contributed by atoms with Gasteiger partial charge in [-0.15, -0.1) is 0 Å². The van der Waals surface area contributed by atoms with Gasteiger partial charge in [-0.2, -0.15) is 9.61 Å². The average Bonchev–Trinajstić information content (AvgIpc) is 3.08. The van der Waals surface area contributed by atoms with E-state index < -0.39 is 0 Å². The molecule has 0 aliphatic heterocycles. The van der Waals surface area contributed by atoms with E-state index in [9.17, 15) is 0 Å². The second-order valence-corrected chi connectivity index (χ2v) is 7.87. The van der Waals surface area contributed by atoms with Crippen molar-refractivity contribution in [3.8, 4) is 11.1 Å². The summed E-state index contributed by atoms with van der Waals surface area (Å²) < 4.78 is 2.02. The van der Waals surface area contributed by atoms with Gasteiger partial charge in [-0.3, -0.25) is 4.98 Å². The summed E-state index contributed by atoms with van der Waals surface area (Å²) in [5.41, 5.74) is 9.19. The molecular formula is C24H25N5. The molecule has 0 unspecified atom stereocenters. The number of nitrogens with one attached hydrogen (secondary N) is 1. The third kappa shape index (κ3) is 3.27. The summed E-state index contributed by atoms with van der Waals surface area (Å²) in [6.45, 7) is 4.91. The smallest absolute Gasteiger partial charge is 0.165 e. The molecule has 1 aliphatic carbocycles. The maximum atomic E-state index is 5.10. The van der Waals surface area contributed by atoms with E-state index in [1.54, 1.807) is 6.20 Å². The molecule has 3 heterocycles. The van der Waals surface area contributed by atoms with Crippen molar-refractivity contribution < 1.29 is 0 Å². The Labute approximate surface area is 170 Å². The van der Waals surface area contributed by atoms with Crippen molar-refractivity contribution in [3.05, 3.63) is 76.9 Å². The first kappa shape index (κ1) is 17.9. The molecule has 5 nitrogen and oxygen atoms in total. The third-order valence-electron chi connectivity index (χ3n) is 5.74. The van der Waals surface area contributed by atoms with Crippen LogP contribution in [0.4, 0.5) is 5.82 Å². The number of pyridine rings is 1. The van der Waals surface area contributed by atoms with Crippen LogP contribution in [0.3, 0.4) is 0 Å². The second kappa shape index (κ2) is 7.32. The molecule has 1 aromatic carbocycles. The van der Waals surface area contributed by atoms with E-state index in [4.69, 9.17) is 10.1 Å². The molecule has 146 valence electrons. The fourth-order valence-corrected chi connectivity index (χ4v) is 4.23. The number of hydrogen-bond donors (Lipinski definition) is 1. The molecule has 0 atom stereocenters. The van der Waals surface area contributed by atoms with Gasteiger partial charge in [-0.05, 0) is 56.7 Å². The molecule has 0 radical (unpaired) electrons. The van der Waals surface area contributed by atoms with Crippen molar-refractivity contribution in [2.24, 2.45) is 0 Å². The Morgan fingerprint density at radius 2 is 1.86 bits per heavy atom. The van der Waals surface area contributed by atoms with Crippen LogP contribution in [-0.4, -0.2) is 19.6 Å². The highest BCUT2D eigenvalue weighted by molar-refractivity contribution is 5.81. The van der Waals surface area contributed by atoms with Crippen LogP contribution in [0, 0.1) is 13.8 Å². The van der Waals surface area contributed by atoms with E-state index in [1.165, 1.54) is 35.2 Å². The van der Waals surface area contributed by atoms with Gasteiger partial charge in [-0.25, -0.2) is 4.98 Å². The Bertz CT molecular complexity index is 1160. The van der Waals surface area contributed by atoms with E-state index in [0.29, 0.717) is 0 Å². The summed E-state index contributed by atoms with van der Waals surface area (Å²) >= 11 is 0. The van der Waals surface area contributed by atoms with Gasteiger partial charge >= 0.3 is 0 Å². The van der Waals surface area contributed by atoms with Gasteiger partial charge in [0.25, 0.3) is 0 Å². The molecule has 0 fully saturated rings. The number of aromatic nitrogens is 4. The molecule has 29 heavy (non-hydrogen) atoms. The standard InChI is InChI=1S/C24H25N5/c1-16-9-11-19(12-10-16)22-17(2)28-29-23(26-15-18-6-5-13-25-14-18)20-7-3-4-8-21(20)27-24(22)29/h5-6,9-14,26H,3-4,7-8,15H2,1-2H3. The van der Waals surface area contributed by atoms with Gasteiger partial charge in [0.15, 0.2) is 5.65 Å². The van der Waals surface area contributed by atoms with Crippen LogP contribution in [0.2, 0.25) is 0 Å². The largest absolute Gasteiger partial charge is 0.366 e. The summed E-state index contributed by atoms with van der Waals surface area (Å²) in [7, 11) is 0. The molecular weight excluding hydrogens is 358 g/mol. The summed E-state index contributed by atoms with van der Waals surface area (Å²) in [4.78, 5) is 9.34. The predicted octanol–water partition coefficient (Wildman–Crippen LogP) is 4.90. The highest BCUT2D eigenvalue weighted by atomic mass is 15.3. The minimum atomic E-state index is 0.720. The Balaban J connectivity index is 1.66. The molecule has 0 bridgehead atoms. The Kier molecular flexibility index (Phi) is 4.51. The van der Waals surface area contributed by atoms with Crippen LogP contribution in [0.25, 0.3) is 16.8 Å². The highest BCUT2D eigenvalue weighted by Gasteiger charge is 2.23. The molecule has 0 saturated heterocycles. The van der Waals surface area contributed by atoms with Crippen molar-refractivity contribution in [1.29, 1.82) is 0 Å². The fraction of sp³-hybridized carbons (Fsp3) is 0.292. The number of aryl methyl sites for hydroxylation is 3. The van der Waals surface area contributed by atoms with E-state index >= 15 is 0 Å². The average molecular weight is 383 g/mol. The van der Waals surface area contributed by atoms with Gasteiger partial charge in [0.1, 0.15) is 5.82 Å². The first-order chi connectivity index (χ1) is 14.2. The summed E-state index contributed by atoms with van der Waals surface area (Å²) in [5, 5.41) is 8.56. The van der Waals surface area contributed by atoms with Crippen LogP contribution in [0.15, 0.2) is 48.8 Å². The van der Waals surface area contributed by atoms with E-state index in [-0.39, 0.29) is 0 Å². The lowest BCUT2D eigenvalue weighted by Gasteiger charge is -2.20. The highest BCUT2D eigenvalue weighted by Crippen LogP contribution is 2.34. The Hall–Kier alpha value is -3.21. The molecule has 0 saturated carbocycles. The molecule has 0 amide bonds. The first-order valence-corrected chi connectivity index (χ1v) is 10.3. The zero-order valence-corrected chi connectivity index (χ0v) is 16.9. The Morgan fingerprint density at radius 3 is 2.66 bits per heavy atom. The molecule has 5 heteroatoms. The topological polar surface area (TPSA) is 55.1 Å². The quantitative estimate of drug-likeness (QED) is 0.545. The number of benzene rings is 1. The zero-order chi connectivity index (χ0) is 19.8. The van der Waals surface area contributed by atoms with Crippen molar-refractivity contribution in [3.63, 3.8) is 0 Å². The third-order valence-corrected chi connectivity index (χ3v) is 5.74. The summed E-state index contributed by atoms with van der Waals surface area (Å²) in [6, 6.07) is 12.7. The van der Waals surface area contributed by atoms with Crippen LogP contribution >= 0.6 is 0 Å². The van der Waals surface area contributed by atoms with Crippen LogP contribution < -0.4 is 5.32 Å². The summed E-state index contributed by atoms with van der Waals surface area (Å²) in [6.07, 6.45) is 8.19. The molecule has 0 spiro atoms. The lowest BCUT2D eigenvalue weighted by molar-refractivity contribution is 0.661. The maximum absolute atomic E-state index is 5.10. The van der Waals surface area contributed by atoms with Gasteiger partial charge in [0.05, 0.1) is 5.69 Å². The minimum absolute atomic E-state index is 0.720. The van der Waals surface area contributed by atoms with Gasteiger partial charge in [-0.1, -0.05) is 35.9 Å².